The lowest BCUT2D eigenvalue weighted by Gasteiger charge is -2.07. The van der Waals surface area contributed by atoms with Gasteiger partial charge in [-0.1, -0.05) is 0 Å². The van der Waals surface area contributed by atoms with E-state index in [0.717, 1.165) is 11.3 Å². The number of benzene rings is 2. The van der Waals surface area contributed by atoms with Crippen LogP contribution in [0.4, 0.5) is 5.69 Å². The van der Waals surface area contributed by atoms with Crippen LogP contribution in [0.1, 0.15) is 25.3 Å². The van der Waals surface area contributed by atoms with Gasteiger partial charge in [0, 0.05) is 18.2 Å². The molecule has 1 aromatic heterocycles. The smallest absolute Gasteiger partial charge is 0.240 e. The van der Waals surface area contributed by atoms with Gasteiger partial charge in [-0.3, -0.25) is 4.79 Å². The van der Waals surface area contributed by atoms with E-state index in [0.29, 0.717) is 29.6 Å². The molecule has 2 aromatic carbocycles. The largest absolute Gasteiger partial charge is 0.494 e. The molecule has 9 heteroatoms. The maximum absolute atomic E-state index is 12.6. The molecule has 0 atom stereocenters. The SMILES string of the molecule is CCOc1ccc(-c2nc(CNS(=O)(=O)c3ccc(NC(C)=O)cc3)c(C)o2)cc1. The minimum atomic E-state index is -3.75. The van der Waals surface area contributed by atoms with E-state index < -0.39 is 10.0 Å². The number of carbonyl (C=O) groups excluding carboxylic acids is 1. The van der Waals surface area contributed by atoms with Crippen LogP contribution in [-0.2, 0) is 21.4 Å². The van der Waals surface area contributed by atoms with E-state index in [-0.39, 0.29) is 17.3 Å². The Balaban J connectivity index is 1.70. The van der Waals surface area contributed by atoms with Crippen LogP contribution in [0.15, 0.2) is 57.8 Å². The van der Waals surface area contributed by atoms with Gasteiger partial charge in [-0.25, -0.2) is 18.1 Å². The van der Waals surface area contributed by atoms with Crippen molar-refractivity contribution in [1.82, 2.24) is 9.71 Å². The summed E-state index contributed by atoms with van der Waals surface area (Å²) in [5.41, 5.74) is 1.79. The fraction of sp³-hybridized carbons (Fsp3) is 0.238. The molecule has 30 heavy (non-hydrogen) atoms. The molecule has 0 aliphatic heterocycles. The number of sulfonamides is 1. The summed E-state index contributed by atoms with van der Waals surface area (Å²) in [5, 5.41) is 2.59. The Kier molecular flexibility index (Phi) is 6.53. The maximum Gasteiger partial charge on any atom is 0.240 e. The van der Waals surface area contributed by atoms with E-state index in [4.69, 9.17) is 9.15 Å². The molecule has 0 saturated heterocycles. The zero-order valence-electron chi connectivity index (χ0n) is 16.9. The monoisotopic (exact) mass is 429 g/mol. The Morgan fingerprint density at radius 2 is 1.77 bits per heavy atom. The fourth-order valence-corrected chi connectivity index (χ4v) is 3.73. The van der Waals surface area contributed by atoms with Gasteiger partial charge in [0.1, 0.15) is 11.5 Å². The van der Waals surface area contributed by atoms with E-state index in [9.17, 15) is 13.2 Å². The van der Waals surface area contributed by atoms with Crippen LogP contribution in [0.25, 0.3) is 11.5 Å². The molecule has 0 bridgehead atoms. The number of nitrogens with one attached hydrogen (secondary N) is 2. The molecule has 3 aromatic rings. The van der Waals surface area contributed by atoms with E-state index in [1.165, 1.54) is 31.2 Å². The van der Waals surface area contributed by atoms with Crippen molar-refractivity contribution < 1.29 is 22.4 Å². The molecule has 0 unspecified atom stereocenters. The number of nitrogens with zero attached hydrogens (tertiary/aromatic N) is 1. The lowest BCUT2D eigenvalue weighted by atomic mass is 10.2. The molecule has 0 aliphatic carbocycles. The van der Waals surface area contributed by atoms with Gasteiger partial charge in [-0.2, -0.15) is 0 Å². The van der Waals surface area contributed by atoms with Crippen molar-refractivity contribution in [2.45, 2.75) is 32.2 Å². The highest BCUT2D eigenvalue weighted by molar-refractivity contribution is 7.89. The third-order valence-electron chi connectivity index (χ3n) is 4.22. The summed E-state index contributed by atoms with van der Waals surface area (Å²) < 4.78 is 38.8. The van der Waals surface area contributed by atoms with Crippen molar-refractivity contribution in [2.75, 3.05) is 11.9 Å². The normalized spacial score (nSPS) is 11.3. The molecule has 8 nitrogen and oxygen atoms in total. The predicted molar refractivity (Wildman–Crippen MR) is 113 cm³/mol. The third-order valence-corrected chi connectivity index (χ3v) is 5.64. The van der Waals surface area contributed by atoms with Crippen molar-refractivity contribution in [1.29, 1.82) is 0 Å². The van der Waals surface area contributed by atoms with E-state index in [2.05, 4.69) is 15.0 Å². The molecule has 1 heterocycles. The van der Waals surface area contributed by atoms with Gasteiger partial charge in [0.05, 0.1) is 23.7 Å². The Morgan fingerprint density at radius 3 is 2.37 bits per heavy atom. The molecule has 0 saturated carbocycles. The first-order valence-electron chi connectivity index (χ1n) is 9.35. The molecule has 158 valence electrons. The number of hydrogen-bond acceptors (Lipinski definition) is 6. The Hall–Kier alpha value is -3.17. The lowest BCUT2D eigenvalue weighted by Crippen LogP contribution is -2.23. The number of anilines is 1. The van der Waals surface area contributed by atoms with Crippen molar-refractivity contribution in [3.05, 3.63) is 60.0 Å². The summed E-state index contributed by atoms with van der Waals surface area (Å²) in [6, 6.07) is 13.2. The zero-order valence-corrected chi connectivity index (χ0v) is 17.7. The topological polar surface area (TPSA) is 111 Å². The maximum atomic E-state index is 12.6. The van der Waals surface area contributed by atoms with E-state index in [1.54, 1.807) is 6.92 Å². The minimum absolute atomic E-state index is 0.0118. The third kappa shape index (κ3) is 5.25. The average Bonchev–Trinajstić information content (AvgIpc) is 3.08. The summed E-state index contributed by atoms with van der Waals surface area (Å²) in [5.74, 6) is 1.46. The summed E-state index contributed by atoms with van der Waals surface area (Å²) in [4.78, 5) is 15.6. The molecule has 0 fully saturated rings. The van der Waals surface area contributed by atoms with Crippen LogP contribution in [0.2, 0.25) is 0 Å². The molecule has 0 spiro atoms. The number of hydrogen-bond donors (Lipinski definition) is 2. The molecule has 0 aliphatic rings. The number of amides is 1. The lowest BCUT2D eigenvalue weighted by molar-refractivity contribution is -0.114. The highest BCUT2D eigenvalue weighted by Crippen LogP contribution is 2.24. The molecule has 0 radical (unpaired) electrons. The molecule has 1 amide bonds. The first kappa shape index (κ1) is 21.5. The second kappa shape index (κ2) is 9.10. The second-order valence-corrected chi connectivity index (χ2v) is 8.28. The zero-order chi connectivity index (χ0) is 21.7. The second-order valence-electron chi connectivity index (χ2n) is 6.51. The van der Waals surface area contributed by atoms with Gasteiger partial charge in [0.25, 0.3) is 0 Å². The molecular formula is C21H23N3O5S. The van der Waals surface area contributed by atoms with Crippen molar-refractivity contribution in [2.24, 2.45) is 0 Å². The number of oxazole rings is 1. The van der Waals surface area contributed by atoms with Crippen LogP contribution in [0.5, 0.6) is 5.75 Å². The van der Waals surface area contributed by atoms with Crippen molar-refractivity contribution >= 4 is 21.6 Å². The summed E-state index contributed by atoms with van der Waals surface area (Å²) >= 11 is 0. The number of aryl methyl sites for hydroxylation is 1. The summed E-state index contributed by atoms with van der Waals surface area (Å²) in [6.07, 6.45) is 0. The van der Waals surface area contributed by atoms with E-state index in [1.807, 2.05) is 31.2 Å². The molecule has 2 N–H and O–H groups in total. The van der Waals surface area contributed by atoms with Crippen LogP contribution < -0.4 is 14.8 Å². The minimum Gasteiger partial charge on any atom is -0.494 e. The number of aromatic nitrogens is 1. The van der Waals surface area contributed by atoms with Crippen molar-refractivity contribution in [3.8, 4) is 17.2 Å². The Bertz CT molecular complexity index is 1120. The van der Waals surface area contributed by atoms with Crippen LogP contribution in [0.3, 0.4) is 0 Å². The summed E-state index contributed by atoms with van der Waals surface area (Å²) in [7, 11) is -3.75. The highest BCUT2D eigenvalue weighted by atomic mass is 32.2. The Morgan fingerprint density at radius 1 is 1.10 bits per heavy atom. The van der Waals surface area contributed by atoms with Crippen molar-refractivity contribution in [3.63, 3.8) is 0 Å². The standard InChI is InChI=1S/C21H23N3O5S/c1-4-28-18-9-5-16(6-10-18)21-24-20(14(2)29-21)13-22-30(26,27)19-11-7-17(8-12-19)23-15(3)25/h5-12,22H,4,13H2,1-3H3,(H,23,25). The number of rotatable bonds is 8. The molecule has 3 rings (SSSR count). The van der Waals surface area contributed by atoms with Gasteiger partial charge in [0.2, 0.25) is 21.8 Å². The average molecular weight is 429 g/mol. The van der Waals surface area contributed by atoms with Gasteiger partial charge in [0.15, 0.2) is 0 Å². The first-order chi connectivity index (χ1) is 14.3. The van der Waals surface area contributed by atoms with Crippen LogP contribution in [0, 0.1) is 6.92 Å². The van der Waals surface area contributed by atoms with Gasteiger partial charge in [-0.15, -0.1) is 0 Å². The Labute approximate surface area is 175 Å². The number of carbonyl (C=O) groups is 1. The molecular weight excluding hydrogens is 406 g/mol. The van der Waals surface area contributed by atoms with Gasteiger partial charge in [-0.05, 0) is 62.4 Å². The van der Waals surface area contributed by atoms with Gasteiger partial charge >= 0.3 is 0 Å². The summed E-state index contributed by atoms with van der Waals surface area (Å²) in [6.45, 7) is 5.60. The van der Waals surface area contributed by atoms with Crippen LogP contribution >= 0.6 is 0 Å². The predicted octanol–water partition coefficient (Wildman–Crippen LogP) is 3.49. The van der Waals surface area contributed by atoms with E-state index >= 15 is 0 Å². The quantitative estimate of drug-likeness (QED) is 0.567. The fourth-order valence-electron chi connectivity index (χ4n) is 2.74. The number of ether oxygens (including phenoxy) is 1. The highest BCUT2D eigenvalue weighted by Gasteiger charge is 2.17. The van der Waals surface area contributed by atoms with Crippen LogP contribution in [-0.4, -0.2) is 25.9 Å². The van der Waals surface area contributed by atoms with Gasteiger partial charge < -0.3 is 14.5 Å². The first-order valence-corrected chi connectivity index (χ1v) is 10.8.